The number of nitrogens with zero attached hydrogens (tertiary/aromatic N) is 2. The molecule has 0 N–H and O–H groups in total. The van der Waals surface area contributed by atoms with Crippen LogP contribution in [0, 0.1) is 13.8 Å². The molecule has 0 bridgehead atoms. The molecule has 0 radical (unpaired) electrons. The Bertz CT molecular complexity index is 779. The molecule has 3 aromatic heterocycles. The highest BCUT2D eigenvalue weighted by Crippen LogP contribution is 2.19. The summed E-state index contributed by atoms with van der Waals surface area (Å²) in [5.74, 6) is 1.37. The Kier molecular flexibility index (Phi) is 4.57. The monoisotopic (exact) mass is 326 g/mol. The lowest BCUT2D eigenvalue weighted by molar-refractivity contribution is 0.0726. The number of rotatable bonds is 5. The third-order valence-electron chi connectivity index (χ3n) is 3.59. The van der Waals surface area contributed by atoms with E-state index in [9.17, 15) is 4.79 Å². The van der Waals surface area contributed by atoms with Crippen molar-refractivity contribution < 1.29 is 9.21 Å². The van der Waals surface area contributed by atoms with Gasteiger partial charge in [0, 0.05) is 12.7 Å². The van der Waals surface area contributed by atoms with Gasteiger partial charge in [-0.1, -0.05) is 6.07 Å². The number of amides is 1. The molecule has 0 aliphatic heterocycles. The lowest BCUT2D eigenvalue weighted by Gasteiger charge is -2.21. The Morgan fingerprint density at radius 3 is 2.74 bits per heavy atom. The third-order valence-corrected chi connectivity index (χ3v) is 4.32. The van der Waals surface area contributed by atoms with Gasteiger partial charge in [0.15, 0.2) is 0 Å². The van der Waals surface area contributed by atoms with Crippen LogP contribution in [0.5, 0.6) is 0 Å². The summed E-state index contributed by atoms with van der Waals surface area (Å²) in [6, 6.07) is 9.58. The van der Waals surface area contributed by atoms with Crippen molar-refractivity contribution in [1.29, 1.82) is 0 Å². The van der Waals surface area contributed by atoms with E-state index in [4.69, 9.17) is 4.42 Å². The smallest absolute Gasteiger partial charge is 0.258 e. The maximum atomic E-state index is 13.0. The predicted molar refractivity (Wildman–Crippen MR) is 90.3 cm³/mol. The van der Waals surface area contributed by atoms with Crippen LogP contribution in [0.25, 0.3) is 0 Å². The first kappa shape index (κ1) is 15.5. The molecule has 0 saturated heterocycles. The van der Waals surface area contributed by atoms with E-state index < -0.39 is 0 Å². The van der Waals surface area contributed by atoms with E-state index in [0.29, 0.717) is 24.4 Å². The van der Waals surface area contributed by atoms with E-state index >= 15 is 0 Å². The van der Waals surface area contributed by atoms with Gasteiger partial charge in [-0.05, 0) is 54.4 Å². The van der Waals surface area contributed by atoms with Gasteiger partial charge in [0.25, 0.3) is 5.91 Å². The minimum absolute atomic E-state index is 0.0313. The average molecular weight is 326 g/mol. The molecule has 0 aliphatic rings. The number of furan rings is 1. The van der Waals surface area contributed by atoms with Gasteiger partial charge in [-0.3, -0.25) is 9.78 Å². The molecule has 1 amide bonds. The van der Waals surface area contributed by atoms with Gasteiger partial charge < -0.3 is 9.32 Å². The van der Waals surface area contributed by atoms with Crippen LogP contribution in [-0.2, 0) is 13.1 Å². The summed E-state index contributed by atoms with van der Waals surface area (Å²) >= 11 is 1.63. The zero-order chi connectivity index (χ0) is 16.2. The van der Waals surface area contributed by atoms with Gasteiger partial charge in [-0.25, -0.2) is 0 Å². The molecular weight excluding hydrogens is 308 g/mol. The number of hydrogen-bond acceptors (Lipinski definition) is 4. The van der Waals surface area contributed by atoms with Crippen molar-refractivity contribution >= 4 is 17.2 Å². The summed E-state index contributed by atoms with van der Waals surface area (Å²) in [7, 11) is 0. The van der Waals surface area contributed by atoms with Gasteiger partial charge in [-0.15, -0.1) is 0 Å². The van der Waals surface area contributed by atoms with Crippen LogP contribution in [0.2, 0.25) is 0 Å². The van der Waals surface area contributed by atoms with Crippen LogP contribution in [0.1, 0.15) is 33.1 Å². The van der Waals surface area contributed by atoms with Crippen LogP contribution in [0.4, 0.5) is 0 Å². The van der Waals surface area contributed by atoms with Gasteiger partial charge in [-0.2, -0.15) is 11.3 Å². The summed E-state index contributed by atoms with van der Waals surface area (Å²) < 4.78 is 5.51. The van der Waals surface area contributed by atoms with Gasteiger partial charge in [0.05, 0.1) is 17.8 Å². The van der Waals surface area contributed by atoms with Gasteiger partial charge in [0.2, 0.25) is 0 Å². The maximum Gasteiger partial charge on any atom is 0.258 e. The minimum atomic E-state index is -0.0313. The number of carbonyl (C=O) groups excluding carboxylic acids is 1. The number of carbonyl (C=O) groups is 1. The van der Waals surface area contributed by atoms with Crippen molar-refractivity contribution in [1.82, 2.24) is 9.88 Å². The highest BCUT2D eigenvalue weighted by atomic mass is 32.1. The fraction of sp³-hybridized carbons (Fsp3) is 0.222. The Balaban J connectivity index is 1.87. The molecule has 3 aromatic rings. The molecule has 3 heterocycles. The fourth-order valence-electron chi connectivity index (χ4n) is 2.50. The second-order valence-corrected chi connectivity index (χ2v) is 6.22. The van der Waals surface area contributed by atoms with Gasteiger partial charge in [0.1, 0.15) is 11.5 Å². The molecule has 5 heteroatoms. The van der Waals surface area contributed by atoms with Crippen molar-refractivity contribution in [2.24, 2.45) is 0 Å². The summed E-state index contributed by atoms with van der Waals surface area (Å²) in [5, 5.41) is 4.08. The minimum Gasteiger partial charge on any atom is -0.466 e. The summed E-state index contributed by atoms with van der Waals surface area (Å²) in [4.78, 5) is 19.1. The third kappa shape index (κ3) is 3.68. The summed E-state index contributed by atoms with van der Waals surface area (Å²) in [5.41, 5.74) is 2.61. The first-order valence-electron chi connectivity index (χ1n) is 7.41. The van der Waals surface area contributed by atoms with Crippen molar-refractivity contribution in [2.45, 2.75) is 26.9 Å². The Morgan fingerprint density at radius 1 is 1.26 bits per heavy atom. The molecule has 23 heavy (non-hydrogen) atoms. The van der Waals surface area contributed by atoms with Crippen LogP contribution >= 0.6 is 11.3 Å². The number of aryl methyl sites for hydroxylation is 2. The predicted octanol–water partition coefficient (Wildman–Crippen LogP) is 4.20. The molecule has 0 fully saturated rings. The van der Waals surface area contributed by atoms with E-state index in [1.54, 1.807) is 23.6 Å². The zero-order valence-electron chi connectivity index (χ0n) is 13.2. The molecular formula is C18H18N2O2S. The van der Waals surface area contributed by atoms with Crippen molar-refractivity contribution in [3.05, 3.63) is 75.6 Å². The number of thiophene rings is 1. The summed E-state index contributed by atoms with van der Waals surface area (Å²) in [6.07, 6.45) is 1.75. The second kappa shape index (κ2) is 6.79. The highest BCUT2D eigenvalue weighted by Gasteiger charge is 2.21. The Hall–Kier alpha value is -2.40. The average Bonchev–Trinajstić information content (AvgIpc) is 3.16. The lowest BCUT2D eigenvalue weighted by atomic mass is 10.2. The normalized spacial score (nSPS) is 10.7. The lowest BCUT2D eigenvalue weighted by Crippen LogP contribution is -2.30. The highest BCUT2D eigenvalue weighted by molar-refractivity contribution is 7.07. The van der Waals surface area contributed by atoms with Crippen molar-refractivity contribution in [3.63, 3.8) is 0 Å². The first-order valence-corrected chi connectivity index (χ1v) is 8.35. The van der Waals surface area contributed by atoms with E-state index in [0.717, 1.165) is 17.0 Å². The molecule has 4 nitrogen and oxygen atoms in total. The largest absolute Gasteiger partial charge is 0.466 e. The van der Waals surface area contributed by atoms with E-state index in [-0.39, 0.29) is 5.91 Å². The summed E-state index contributed by atoms with van der Waals surface area (Å²) in [6.45, 7) is 4.71. The van der Waals surface area contributed by atoms with Crippen LogP contribution in [0.15, 0.2) is 51.7 Å². The topological polar surface area (TPSA) is 46.3 Å². The van der Waals surface area contributed by atoms with E-state index in [1.165, 1.54) is 0 Å². The van der Waals surface area contributed by atoms with Crippen LogP contribution in [-0.4, -0.2) is 15.8 Å². The molecule has 0 atom stereocenters. The maximum absolute atomic E-state index is 13.0. The van der Waals surface area contributed by atoms with Crippen LogP contribution in [0.3, 0.4) is 0 Å². The van der Waals surface area contributed by atoms with Crippen LogP contribution < -0.4 is 0 Å². The molecule has 0 saturated carbocycles. The van der Waals surface area contributed by atoms with E-state index in [2.05, 4.69) is 10.4 Å². The molecule has 118 valence electrons. The number of aromatic nitrogens is 1. The molecule has 3 rings (SSSR count). The standard InChI is InChI=1S/C18H18N2O2S/c1-13-9-17(14(2)22-13)18(21)20(10-15-6-8-23-12-15)11-16-5-3-4-7-19-16/h3-9,12H,10-11H2,1-2H3. The fourth-order valence-corrected chi connectivity index (χ4v) is 3.16. The SMILES string of the molecule is Cc1cc(C(=O)N(Cc2ccsc2)Cc2ccccn2)c(C)o1. The molecule has 0 aromatic carbocycles. The zero-order valence-corrected chi connectivity index (χ0v) is 14.0. The second-order valence-electron chi connectivity index (χ2n) is 5.44. The van der Waals surface area contributed by atoms with E-state index in [1.807, 2.05) is 48.4 Å². The molecule has 0 spiro atoms. The Labute approximate surface area is 139 Å². The number of hydrogen-bond donors (Lipinski definition) is 0. The first-order chi connectivity index (χ1) is 11.1. The molecule has 0 aliphatic carbocycles. The van der Waals surface area contributed by atoms with Crippen molar-refractivity contribution in [2.75, 3.05) is 0 Å². The molecule has 0 unspecified atom stereocenters. The quantitative estimate of drug-likeness (QED) is 0.706. The Morgan fingerprint density at radius 2 is 2.13 bits per heavy atom. The van der Waals surface area contributed by atoms with Gasteiger partial charge >= 0.3 is 0 Å². The van der Waals surface area contributed by atoms with Crippen molar-refractivity contribution in [3.8, 4) is 0 Å². The number of pyridine rings is 1.